The first-order valence-electron chi connectivity index (χ1n) is 13.6. The van der Waals surface area contributed by atoms with E-state index in [1.807, 2.05) is 14.1 Å². The fourth-order valence-electron chi connectivity index (χ4n) is 3.86. The van der Waals surface area contributed by atoms with E-state index >= 15 is 0 Å². The van der Waals surface area contributed by atoms with Gasteiger partial charge in [0, 0.05) is 33.8 Å². The Morgan fingerprint density at radius 1 is 0.562 bits per heavy atom. The van der Waals surface area contributed by atoms with Crippen molar-refractivity contribution in [3.05, 3.63) is 0 Å². The third-order valence-corrected chi connectivity index (χ3v) is 6.18. The normalized spacial score (nSPS) is 11.2. The van der Waals surface area contributed by atoms with Crippen molar-refractivity contribution in [2.75, 3.05) is 33.8 Å². The Kier molecular flexibility index (Phi) is 21.0. The number of amides is 2. The summed E-state index contributed by atoms with van der Waals surface area (Å²) in [7, 11) is 3.62. The average molecular weight is 455 g/mol. The minimum atomic E-state index is -0.994. The van der Waals surface area contributed by atoms with Gasteiger partial charge in [-0.3, -0.25) is 9.59 Å². The molecule has 0 aromatic heterocycles. The van der Waals surface area contributed by atoms with E-state index in [-0.39, 0.29) is 11.8 Å². The molecule has 0 saturated carbocycles. The second-order valence-electron chi connectivity index (χ2n) is 9.37. The van der Waals surface area contributed by atoms with Crippen LogP contribution in [0.25, 0.3) is 0 Å². The summed E-state index contributed by atoms with van der Waals surface area (Å²) in [5.74, 6) is -0.373. The minimum Gasteiger partial charge on any atom is -0.359 e. The van der Waals surface area contributed by atoms with Crippen molar-refractivity contribution in [1.82, 2.24) is 9.80 Å². The molecule has 0 saturated heterocycles. The number of nitrogens with zero attached hydrogens (tertiary/aromatic N) is 2. The molecule has 0 fully saturated rings. The summed E-state index contributed by atoms with van der Waals surface area (Å²) in [4.78, 5) is 29.6. The number of rotatable bonds is 22. The van der Waals surface area contributed by atoms with E-state index in [1.54, 1.807) is 9.80 Å². The highest BCUT2D eigenvalue weighted by Gasteiger charge is 2.32. The van der Waals surface area contributed by atoms with Crippen molar-refractivity contribution in [2.45, 2.75) is 130 Å². The van der Waals surface area contributed by atoms with Gasteiger partial charge in [-0.05, 0) is 19.3 Å². The van der Waals surface area contributed by atoms with Gasteiger partial charge in [0.25, 0.3) is 11.8 Å². The number of carbonyl (C=O) groups is 2. The van der Waals surface area contributed by atoms with Crippen molar-refractivity contribution in [1.29, 1.82) is 0 Å². The van der Waals surface area contributed by atoms with Crippen LogP contribution in [-0.2, 0) is 14.3 Å². The van der Waals surface area contributed by atoms with E-state index in [9.17, 15) is 9.59 Å². The van der Waals surface area contributed by atoms with E-state index in [0.717, 1.165) is 51.4 Å². The molecule has 0 aliphatic rings. The standard InChI is InChI=1S/C27H54N2O3/c1-6-9-12-15-17-19-22-28(4)26(30)25(32-24-21-14-11-8-3)27(31)29(5)23-20-18-16-13-10-7-2/h25H,6-24H2,1-5H3. The Morgan fingerprint density at radius 3 is 1.31 bits per heavy atom. The predicted octanol–water partition coefficient (Wildman–Crippen LogP) is 6.59. The van der Waals surface area contributed by atoms with Gasteiger partial charge in [0.15, 0.2) is 0 Å². The van der Waals surface area contributed by atoms with Gasteiger partial charge in [0.05, 0.1) is 0 Å². The first-order valence-corrected chi connectivity index (χ1v) is 13.6. The molecule has 5 heteroatoms. The van der Waals surface area contributed by atoms with Crippen molar-refractivity contribution in [3.63, 3.8) is 0 Å². The molecule has 0 bridgehead atoms. The first kappa shape index (κ1) is 30.9. The molecule has 0 aromatic rings. The molecule has 0 aromatic carbocycles. The Hall–Kier alpha value is -1.10. The van der Waals surface area contributed by atoms with Crippen LogP contribution < -0.4 is 0 Å². The number of ether oxygens (including phenoxy) is 1. The van der Waals surface area contributed by atoms with Crippen molar-refractivity contribution in [3.8, 4) is 0 Å². The molecule has 190 valence electrons. The van der Waals surface area contributed by atoms with Gasteiger partial charge in [0.2, 0.25) is 6.10 Å². The Balaban J connectivity index is 4.63. The zero-order valence-electron chi connectivity index (χ0n) is 22.1. The second kappa shape index (κ2) is 21.7. The Bertz CT molecular complexity index is 422. The summed E-state index contributed by atoms with van der Waals surface area (Å²) >= 11 is 0. The van der Waals surface area contributed by atoms with E-state index in [0.29, 0.717) is 19.7 Å². The largest absolute Gasteiger partial charge is 0.359 e. The van der Waals surface area contributed by atoms with Crippen molar-refractivity contribution in [2.24, 2.45) is 0 Å². The van der Waals surface area contributed by atoms with E-state index in [2.05, 4.69) is 20.8 Å². The molecule has 0 aliphatic carbocycles. The summed E-state index contributed by atoms with van der Waals surface area (Å²) in [5.41, 5.74) is 0. The van der Waals surface area contributed by atoms with Crippen LogP contribution >= 0.6 is 0 Å². The summed E-state index contributed by atoms with van der Waals surface area (Å²) in [5, 5.41) is 0. The molecule has 0 radical (unpaired) electrons. The molecule has 0 spiro atoms. The Morgan fingerprint density at radius 2 is 0.906 bits per heavy atom. The van der Waals surface area contributed by atoms with Crippen molar-refractivity contribution >= 4 is 11.8 Å². The summed E-state index contributed by atoms with van der Waals surface area (Å²) in [6, 6.07) is 0. The smallest absolute Gasteiger partial charge is 0.261 e. The molecule has 0 N–H and O–H groups in total. The number of carbonyl (C=O) groups excluding carboxylic acids is 2. The topological polar surface area (TPSA) is 49.9 Å². The molecule has 0 unspecified atom stereocenters. The van der Waals surface area contributed by atoms with E-state index < -0.39 is 6.10 Å². The maximum Gasteiger partial charge on any atom is 0.261 e. The van der Waals surface area contributed by atoms with Crippen LogP contribution in [0.4, 0.5) is 0 Å². The lowest BCUT2D eigenvalue weighted by molar-refractivity contribution is -0.156. The molecular formula is C27H54N2O3. The molecule has 2 amide bonds. The van der Waals surface area contributed by atoms with Gasteiger partial charge >= 0.3 is 0 Å². The maximum atomic E-state index is 13.1. The maximum absolute atomic E-state index is 13.1. The zero-order chi connectivity index (χ0) is 24.0. The first-order chi connectivity index (χ1) is 15.5. The van der Waals surface area contributed by atoms with E-state index in [1.165, 1.54) is 51.4 Å². The fourth-order valence-corrected chi connectivity index (χ4v) is 3.86. The minimum absolute atomic E-state index is 0.186. The fraction of sp³-hybridized carbons (Fsp3) is 0.926. The lowest BCUT2D eigenvalue weighted by atomic mass is 10.1. The van der Waals surface area contributed by atoms with Crippen molar-refractivity contribution < 1.29 is 14.3 Å². The van der Waals surface area contributed by atoms with Gasteiger partial charge in [-0.25, -0.2) is 0 Å². The third-order valence-electron chi connectivity index (χ3n) is 6.18. The van der Waals surface area contributed by atoms with Gasteiger partial charge in [-0.2, -0.15) is 0 Å². The summed E-state index contributed by atoms with van der Waals surface area (Å²) in [6.07, 6.45) is 17.5. The van der Waals surface area contributed by atoms with Gasteiger partial charge < -0.3 is 14.5 Å². The lowest BCUT2D eigenvalue weighted by Crippen LogP contribution is -2.48. The second-order valence-corrected chi connectivity index (χ2v) is 9.37. The third kappa shape index (κ3) is 15.7. The quantitative estimate of drug-likeness (QED) is 0.137. The van der Waals surface area contributed by atoms with Crippen LogP contribution in [0.3, 0.4) is 0 Å². The molecule has 32 heavy (non-hydrogen) atoms. The van der Waals surface area contributed by atoms with Gasteiger partial charge in [0.1, 0.15) is 0 Å². The van der Waals surface area contributed by atoms with Gasteiger partial charge in [-0.15, -0.1) is 0 Å². The molecular weight excluding hydrogens is 400 g/mol. The molecule has 0 heterocycles. The van der Waals surface area contributed by atoms with Crippen LogP contribution in [0.1, 0.15) is 124 Å². The lowest BCUT2D eigenvalue weighted by Gasteiger charge is -2.27. The molecule has 5 nitrogen and oxygen atoms in total. The summed E-state index contributed by atoms with van der Waals surface area (Å²) in [6.45, 7) is 8.46. The summed E-state index contributed by atoms with van der Waals surface area (Å²) < 4.78 is 5.89. The highest BCUT2D eigenvalue weighted by Crippen LogP contribution is 2.11. The number of unbranched alkanes of at least 4 members (excludes halogenated alkanes) is 13. The van der Waals surface area contributed by atoms with Crippen LogP contribution in [0.15, 0.2) is 0 Å². The Labute approximate surface area is 199 Å². The van der Waals surface area contributed by atoms with Crippen LogP contribution in [0, 0.1) is 0 Å². The molecule has 0 atom stereocenters. The highest BCUT2D eigenvalue weighted by atomic mass is 16.5. The zero-order valence-corrected chi connectivity index (χ0v) is 22.1. The predicted molar refractivity (Wildman–Crippen MR) is 136 cm³/mol. The van der Waals surface area contributed by atoms with Gasteiger partial charge in [-0.1, -0.05) is 104 Å². The number of hydrogen-bond acceptors (Lipinski definition) is 3. The number of hydrogen-bond donors (Lipinski definition) is 0. The highest BCUT2D eigenvalue weighted by molar-refractivity contribution is 6.03. The SMILES string of the molecule is CCCCCCCCN(C)C(=O)C(OCCCCCC)C(=O)N(C)CCCCCCCC. The van der Waals surface area contributed by atoms with E-state index in [4.69, 9.17) is 4.74 Å². The molecule has 0 aliphatic heterocycles. The monoisotopic (exact) mass is 454 g/mol. The van der Waals surface area contributed by atoms with Crippen LogP contribution in [0.5, 0.6) is 0 Å². The number of likely N-dealkylation sites (N-methyl/N-ethyl adjacent to an activating group) is 2. The molecule has 0 rings (SSSR count). The average Bonchev–Trinajstić information content (AvgIpc) is 2.79. The van der Waals surface area contributed by atoms with Crippen LogP contribution in [0.2, 0.25) is 0 Å². The van der Waals surface area contributed by atoms with Crippen LogP contribution in [-0.4, -0.2) is 61.5 Å².